The van der Waals surface area contributed by atoms with Crippen LogP contribution in [0.2, 0.25) is 0 Å². The van der Waals surface area contributed by atoms with Gasteiger partial charge in [0.1, 0.15) is 23.4 Å². The Balaban J connectivity index is 1.92. The number of hydrogen-bond acceptors (Lipinski definition) is 4. The molecule has 9 heteroatoms. The lowest BCUT2D eigenvalue weighted by Crippen LogP contribution is -2.49. The van der Waals surface area contributed by atoms with Crippen molar-refractivity contribution in [2.45, 2.75) is 32.4 Å². The number of nitrogens with zero attached hydrogens (tertiary/aromatic N) is 1. The zero-order valence-corrected chi connectivity index (χ0v) is 14.6. The Morgan fingerprint density at radius 1 is 1.31 bits per heavy atom. The summed E-state index contributed by atoms with van der Waals surface area (Å²) in [4.78, 5) is 37.0. The summed E-state index contributed by atoms with van der Waals surface area (Å²) < 4.78 is 27.7. The van der Waals surface area contributed by atoms with Crippen LogP contribution in [0.25, 0.3) is 0 Å². The summed E-state index contributed by atoms with van der Waals surface area (Å²) >= 11 is 0. The minimum absolute atomic E-state index is 0.0756. The Morgan fingerprint density at radius 3 is 2.50 bits per heavy atom. The first kappa shape index (κ1) is 19.8. The summed E-state index contributed by atoms with van der Waals surface area (Å²) in [5, 5.41) is 4.85. The van der Waals surface area contributed by atoms with Crippen molar-refractivity contribution in [2.24, 2.45) is 11.7 Å². The maximum atomic E-state index is 13.8. The fraction of sp³-hybridized carbons (Fsp3) is 0.471. The predicted molar refractivity (Wildman–Crippen MR) is 91.1 cm³/mol. The molecule has 0 spiro atoms. The van der Waals surface area contributed by atoms with Gasteiger partial charge in [-0.15, -0.1) is 0 Å². The van der Waals surface area contributed by atoms with Gasteiger partial charge >= 0.3 is 0 Å². The third-order valence-corrected chi connectivity index (χ3v) is 4.19. The second kappa shape index (κ2) is 8.22. The third kappa shape index (κ3) is 4.34. The molecule has 0 bridgehead atoms. The minimum Gasteiger partial charge on any atom is -0.346 e. The average Bonchev–Trinajstić information content (AvgIpc) is 2.92. The van der Waals surface area contributed by atoms with Gasteiger partial charge in [-0.3, -0.25) is 14.4 Å². The molecule has 1 aliphatic heterocycles. The highest BCUT2D eigenvalue weighted by atomic mass is 19.1. The molecule has 1 unspecified atom stereocenters. The van der Waals surface area contributed by atoms with E-state index >= 15 is 0 Å². The number of para-hydroxylation sites is 1. The smallest absolute Gasteiger partial charge is 0.249 e. The Hall–Kier alpha value is -2.55. The Morgan fingerprint density at radius 2 is 1.92 bits per heavy atom. The van der Waals surface area contributed by atoms with Crippen LogP contribution in [0.5, 0.6) is 0 Å². The van der Waals surface area contributed by atoms with Gasteiger partial charge < -0.3 is 21.3 Å². The normalized spacial score (nSPS) is 18.2. The van der Waals surface area contributed by atoms with Gasteiger partial charge in [0.15, 0.2) is 0 Å². The van der Waals surface area contributed by atoms with Crippen molar-refractivity contribution < 1.29 is 23.2 Å². The highest BCUT2D eigenvalue weighted by Crippen LogP contribution is 2.27. The van der Waals surface area contributed by atoms with Gasteiger partial charge in [0.05, 0.1) is 12.6 Å². The molecule has 2 atom stereocenters. The second-order valence-corrected chi connectivity index (χ2v) is 6.46. The zero-order valence-electron chi connectivity index (χ0n) is 14.6. The molecule has 1 aliphatic rings. The minimum atomic E-state index is -0.905. The van der Waals surface area contributed by atoms with E-state index in [0.29, 0.717) is 0 Å². The number of benzene rings is 1. The number of halogens is 2. The van der Waals surface area contributed by atoms with E-state index in [1.807, 2.05) is 0 Å². The van der Waals surface area contributed by atoms with E-state index in [0.717, 1.165) is 17.0 Å². The topological polar surface area (TPSA) is 105 Å². The molecule has 2 rings (SSSR count). The Kier molecular flexibility index (Phi) is 6.25. The number of nitrogens with one attached hydrogen (secondary N) is 2. The monoisotopic (exact) mass is 368 g/mol. The number of anilines is 1. The van der Waals surface area contributed by atoms with Crippen LogP contribution in [0.3, 0.4) is 0 Å². The highest BCUT2D eigenvalue weighted by Gasteiger charge is 2.36. The van der Waals surface area contributed by atoms with Gasteiger partial charge in [0.2, 0.25) is 17.7 Å². The molecule has 1 heterocycles. The van der Waals surface area contributed by atoms with Crippen LogP contribution in [0.1, 0.15) is 20.3 Å². The van der Waals surface area contributed by atoms with E-state index in [1.54, 1.807) is 13.8 Å². The average molecular weight is 368 g/mol. The van der Waals surface area contributed by atoms with Crippen LogP contribution in [0, 0.1) is 17.6 Å². The zero-order chi connectivity index (χ0) is 19.4. The van der Waals surface area contributed by atoms with Crippen molar-refractivity contribution >= 4 is 23.4 Å². The first-order valence-corrected chi connectivity index (χ1v) is 8.30. The van der Waals surface area contributed by atoms with Crippen LogP contribution >= 0.6 is 0 Å². The van der Waals surface area contributed by atoms with Crippen molar-refractivity contribution in [1.82, 2.24) is 10.6 Å². The van der Waals surface area contributed by atoms with E-state index in [4.69, 9.17) is 5.73 Å². The van der Waals surface area contributed by atoms with Gasteiger partial charge in [-0.25, -0.2) is 8.78 Å². The molecule has 3 amide bonds. The number of carbonyl (C=O) groups excluding carboxylic acids is 3. The van der Waals surface area contributed by atoms with Crippen molar-refractivity contribution in [3.8, 4) is 0 Å². The summed E-state index contributed by atoms with van der Waals surface area (Å²) in [6.45, 7) is 3.29. The first-order valence-electron chi connectivity index (χ1n) is 8.30. The molecular weight excluding hydrogens is 346 g/mol. The quantitative estimate of drug-likeness (QED) is 0.671. The van der Waals surface area contributed by atoms with Gasteiger partial charge in [-0.1, -0.05) is 19.9 Å². The molecule has 1 fully saturated rings. The van der Waals surface area contributed by atoms with E-state index in [9.17, 15) is 23.2 Å². The molecule has 1 aromatic rings. The molecule has 142 valence electrons. The van der Waals surface area contributed by atoms with Gasteiger partial charge in [0.25, 0.3) is 0 Å². The summed E-state index contributed by atoms with van der Waals surface area (Å²) in [6.07, 6.45) is 0.206. The van der Waals surface area contributed by atoms with Gasteiger partial charge in [-0.2, -0.15) is 0 Å². The fourth-order valence-corrected chi connectivity index (χ4v) is 2.62. The second-order valence-electron chi connectivity index (χ2n) is 6.46. The maximum absolute atomic E-state index is 13.8. The molecule has 7 nitrogen and oxygen atoms in total. The molecule has 1 saturated heterocycles. The van der Waals surface area contributed by atoms with Crippen molar-refractivity contribution in [3.63, 3.8) is 0 Å². The first-order chi connectivity index (χ1) is 12.2. The van der Waals surface area contributed by atoms with Gasteiger partial charge in [0, 0.05) is 6.54 Å². The molecular formula is C17H22F2N4O3. The number of rotatable bonds is 6. The predicted octanol–water partition coefficient (Wildman–Crippen LogP) is 0.286. The van der Waals surface area contributed by atoms with Gasteiger partial charge in [-0.05, 0) is 24.5 Å². The Labute approximate surface area is 149 Å². The lowest BCUT2D eigenvalue weighted by molar-refractivity contribution is -0.128. The van der Waals surface area contributed by atoms with Crippen LogP contribution in [0.15, 0.2) is 18.2 Å². The largest absolute Gasteiger partial charge is 0.346 e. The summed E-state index contributed by atoms with van der Waals surface area (Å²) in [7, 11) is 0. The summed E-state index contributed by atoms with van der Waals surface area (Å²) in [5.41, 5.74) is 5.24. The number of amides is 3. The summed E-state index contributed by atoms with van der Waals surface area (Å²) in [6, 6.07) is 1.68. The fourth-order valence-electron chi connectivity index (χ4n) is 2.62. The molecule has 0 radical (unpaired) electrons. The van der Waals surface area contributed by atoms with E-state index in [-0.39, 0.29) is 25.4 Å². The molecule has 0 aliphatic carbocycles. The van der Waals surface area contributed by atoms with Crippen LogP contribution in [-0.4, -0.2) is 42.9 Å². The standard InChI is InChI=1S/C17H22F2N4O3/c1-9(2)14(20)16(25)21-8-13(24)22-12-6-7-23(17(12)26)15-10(18)4-3-5-11(15)19/h3-5,9,12,14H,6-8,20H2,1-2H3,(H,21,25)(H,22,24)/t12?,14-/m0/s1. The molecule has 1 aromatic carbocycles. The lowest BCUT2D eigenvalue weighted by Gasteiger charge is -2.19. The maximum Gasteiger partial charge on any atom is 0.249 e. The molecule has 26 heavy (non-hydrogen) atoms. The van der Waals surface area contributed by atoms with Crippen molar-refractivity contribution in [3.05, 3.63) is 29.8 Å². The molecule has 4 N–H and O–H groups in total. The van der Waals surface area contributed by atoms with Crippen molar-refractivity contribution in [2.75, 3.05) is 18.0 Å². The highest BCUT2D eigenvalue weighted by molar-refractivity contribution is 6.01. The van der Waals surface area contributed by atoms with Crippen LogP contribution in [0.4, 0.5) is 14.5 Å². The number of hydrogen-bond donors (Lipinski definition) is 3. The SMILES string of the molecule is CC(C)[C@H](N)C(=O)NCC(=O)NC1CCN(c2c(F)cccc2F)C1=O. The molecule has 0 saturated carbocycles. The van der Waals surface area contributed by atoms with Crippen LogP contribution < -0.4 is 21.3 Å². The Bertz CT molecular complexity index is 691. The van der Waals surface area contributed by atoms with E-state index in [1.165, 1.54) is 6.07 Å². The lowest BCUT2D eigenvalue weighted by atomic mass is 10.1. The molecule has 0 aromatic heterocycles. The number of carbonyl (C=O) groups is 3. The van der Waals surface area contributed by atoms with Crippen molar-refractivity contribution in [1.29, 1.82) is 0 Å². The number of nitrogens with two attached hydrogens (primary N) is 1. The third-order valence-electron chi connectivity index (χ3n) is 4.19. The van der Waals surface area contributed by atoms with Crippen LogP contribution in [-0.2, 0) is 14.4 Å². The summed E-state index contributed by atoms with van der Waals surface area (Å²) in [5.74, 6) is -3.43. The van der Waals surface area contributed by atoms with E-state index in [2.05, 4.69) is 10.6 Å². The van der Waals surface area contributed by atoms with E-state index < -0.39 is 47.1 Å².